The second-order valence-corrected chi connectivity index (χ2v) is 4.67. The van der Waals surface area contributed by atoms with Crippen LogP contribution in [0.5, 0.6) is 0 Å². The molecule has 0 amide bonds. The highest BCUT2D eigenvalue weighted by molar-refractivity contribution is 5.66. The van der Waals surface area contributed by atoms with Gasteiger partial charge in [0.1, 0.15) is 0 Å². The summed E-state index contributed by atoms with van der Waals surface area (Å²) < 4.78 is 1.63. The summed E-state index contributed by atoms with van der Waals surface area (Å²) >= 11 is 0. The molecule has 0 aromatic carbocycles. The first-order valence-corrected chi connectivity index (χ1v) is 6.22. The molecule has 17 heavy (non-hydrogen) atoms. The van der Waals surface area contributed by atoms with Crippen LogP contribution in [0.15, 0.2) is 0 Å². The van der Waals surface area contributed by atoms with Crippen molar-refractivity contribution in [2.24, 2.45) is 5.92 Å². The summed E-state index contributed by atoms with van der Waals surface area (Å²) in [6.45, 7) is 0.365. The number of carboxylic acids is 1. The van der Waals surface area contributed by atoms with Crippen LogP contribution in [0.25, 0.3) is 0 Å². The molecule has 0 bridgehead atoms. The maximum Gasteiger partial charge on any atom is 0.305 e. The Balaban J connectivity index is 1.91. The molecular weight excluding hydrogens is 220 g/mol. The number of carboxylic acid groups (broad SMARTS) is 1. The van der Waals surface area contributed by atoms with Gasteiger partial charge in [0.2, 0.25) is 0 Å². The van der Waals surface area contributed by atoms with E-state index in [2.05, 4.69) is 15.5 Å². The lowest BCUT2D eigenvalue weighted by Gasteiger charge is -2.20. The highest BCUT2D eigenvalue weighted by atomic mass is 16.4. The second kappa shape index (κ2) is 5.75. The third-order valence-electron chi connectivity index (χ3n) is 3.34. The molecule has 6 nitrogen and oxygen atoms in total. The minimum absolute atomic E-state index is 0.0721. The van der Waals surface area contributed by atoms with Crippen LogP contribution >= 0.6 is 0 Å². The molecule has 1 aliphatic carbocycles. The van der Waals surface area contributed by atoms with E-state index < -0.39 is 5.97 Å². The molecule has 6 heteroatoms. The first kappa shape index (κ1) is 12.0. The van der Waals surface area contributed by atoms with E-state index in [9.17, 15) is 4.79 Å². The summed E-state index contributed by atoms with van der Waals surface area (Å²) in [7, 11) is 0. The molecule has 1 fully saturated rings. The molecule has 1 aromatic heterocycles. The molecule has 94 valence electrons. The van der Waals surface area contributed by atoms with Gasteiger partial charge in [-0.2, -0.15) is 0 Å². The van der Waals surface area contributed by atoms with Crippen molar-refractivity contribution in [2.45, 2.75) is 51.5 Å². The third-order valence-corrected chi connectivity index (χ3v) is 3.34. The topological polar surface area (TPSA) is 80.9 Å². The van der Waals surface area contributed by atoms with Crippen LogP contribution in [0.1, 0.15) is 44.3 Å². The molecule has 0 spiro atoms. The Morgan fingerprint density at radius 2 is 2.12 bits per heavy atom. The average Bonchev–Trinajstić information content (AvgIpc) is 2.75. The first-order chi connectivity index (χ1) is 8.25. The van der Waals surface area contributed by atoms with Crippen LogP contribution in [-0.2, 0) is 17.8 Å². The zero-order valence-corrected chi connectivity index (χ0v) is 9.88. The fraction of sp³-hybridized carbons (Fsp3) is 0.818. The Labute approximate surface area is 100 Å². The summed E-state index contributed by atoms with van der Waals surface area (Å²) in [5, 5.41) is 20.1. The van der Waals surface area contributed by atoms with Gasteiger partial charge in [-0.05, 0) is 16.3 Å². The van der Waals surface area contributed by atoms with Gasteiger partial charge in [-0.1, -0.05) is 32.1 Å². The van der Waals surface area contributed by atoms with Crippen molar-refractivity contribution in [3.63, 3.8) is 0 Å². The number of hydrogen-bond acceptors (Lipinski definition) is 4. The number of tetrazole rings is 1. The Hall–Kier alpha value is -1.46. The van der Waals surface area contributed by atoms with Crippen molar-refractivity contribution in [1.82, 2.24) is 20.2 Å². The molecule has 0 aliphatic heterocycles. The summed E-state index contributed by atoms with van der Waals surface area (Å²) in [5.41, 5.74) is 0. The second-order valence-electron chi connectivity index (χ2n) is 4.67. The SMILES string of the molecule is O=C(O)CCn1nnnc1CC1CCCCC1. The number of hydrogen-bond donors (Lipinski definition) is 1. The zero-order chi connectivity index (χ0) is 12.1. The van der Waals surface area contributed by atoms with Gasteiger partial charge in [0.05, 0.1) is 13.0 Å². The predicted octanol–water partition coefficient (Wildman–Crippen LogP) is 1.27. The monoisotopic (exact) mass is 238 g/mol. The lowest BCUT2D eigenvalue weighted by molar-refractivity contribution is -0.137. The molecule has 2 rings (SSSR count). The molecule has 0 radical (unpaired) electrons. The Morgan fingerprint density at radius 3 is 2.82 bits per heavy atom. The fourth-order valence-electron chi connectivity index (χ4n) is 2.39. The van der Waals surface area contributed by atoms with Gasteiger partial charge in [0.15, 0.2) is 5.82 Å². The number of rotatable bonds is 5. The fourth-order valence-corrected chi connectivity index (χ4v) is 2.39. The van der Waals surface area contributed by atoms with Crippen molar-refractivity contribution >= 4 is 5.97 Å². The molecule has 0 atom stereocenters. The maximum atomic E-state index is 10.5. The van der Waals surface area contributed by atoms with Gasteiger partial charge >= 0.3 is 5.97 Å². The van der Waals surface area contributed by atoms with E-state index in [0.29, 0.717) is 12.5 Å². The van der Waals surface area contributed by atoms with E-state index in [1.165, 1.54) is 32.1 Å². The summed E-state index contributed by atoms with van der Waals surface area (Å²) in [6.07, 6.45) is 7.36. The Kier molecular flexibility index (Phi) is 4.06. The third kappa shape index (κ3) is 3.51. The van der Waals surface area contributed by atoms with Gasteiger partial charge in [0.25, 0.3) is 0 Å². The van der Waals surface area contributed by atoms with Gasteiger partial charge in [-0.15, -0.1) is 5.10 Å². The van der Waals surface area contributed by atoms with E-state index in [0.717, 1.165) is 12.2 Å². The quantitative estimate of drug-likeness (QED) is 0.835. The Bertz CT molecular complexity index is 371. The molecule has 1 heterocycles. The molecule has 1 N–H and O–H groups in total. The lowest BCUT2D eigenvalue weighted by Crippen LogP contribution is -2.15. The summed E-state index contributed by atoms with van der Waals surface area (Å²) in [4.78, 5) is 10.5. The standard InChI is InChI=1S/C11H18N4O2/c16-11(17)6-7-15-10(12-13-14-15)8-9-4-2-1-3-5-9/h9H,1-8H2,(H,16,17). The average molecular weight is 238 g/mol. The largest absolute Gasteiger partial charge is 0.481 e. The number of carbonyl (C=O) groups is 1. The minimum Gasteiger partial charge on any atom is -0.481 e. The van der Waals surface area contributed by atoms with Crippen LogP contribution in [0.2, 0.25) is 0 Å². The minimum atomic E-state index is -0.816. The molecule has 1 saturated carbocycles. The van der Waals surface area contributed by atoms with Crippen molar-refractivity contribution in [2.75, 3.05) is 0 Å². The summed E-state index contributed by atoms with van der Waals surface area (Å²) in [5.74, 6) is 0.681. The summed E-state index contributed by atoms with van der Waals surface area (Å²) in [6, 6.07) is 0. The van der Waals surface area contributed by atoms with E-state index in [1.54, 1.807) is 4.68 Å². The molecule has 0 saturated heterocycles. The highest BCUT2D eigenvalue weighted by Crippen LogP contribution is 2.26. The van der Waals surface area contributed by atoms with Gasteiger partial charge in [0, 0.05) is 6.42 Å². The lowest BCUT2D eigenvalue weighted by atomic mass is 9.87. The predicted molar refractivity (Wildman–Crippen MR) is 60.3 cm³/mol. The number of aromatic nitrogens is 4. The van der Waals surface area contributed by atoms with E-state index in [4.69, 9.17) is 5.11 Å². The number of aryl methyl sites for hydroxylation is 1. The van der Waals surface area contributed by atoms with E-state index in [-0.39, 0.29) is 6.42 Å². The van der Waals surface area contributed by atoms with Crippen molar-refractivity contribution in [3.05, 3.63) is 5.82 Å². The highest BCUT2D eigenvalue weighted by Gasteiger charge is 2.17. The van der Waals surface area contributed by atoms with Gasteiger partial charge in [-0.3, -0.25) is 4.79 Å². The van der Waals surface area contributed by atoms with Crippen LogP contribution in [0.3, 0.4) is 0 Å². The van der Waals surface area contributed by atoms with Crippen molar-refractivity contribution in [1.29, 1.82) is 0 Å². The van der Waals surface area contributed by atoms with Crippen molar-refractivity contribution in [3.8, 4) is 0 Å². The number of nitrogens with zero attached hydrogens (tertiary/aromatic N) is 4. The zero-order valence-electron chi connectivity index (χ0n) is 9.88. The maximum absolute atomic E-state index is 10.5. The van der Waals surface area contributed by atoms with Crippen LogP contribution in [-0.4, -0.2) is 31.3 Å². The van der Waals surface area contributed by atoms with E-state index >= 15 is 0 Å². The van der Waals surface area contributed by atoms with E-state index in [1.807, 2.05) is 0 Å². The van der Waals surface area contributed by atoms with Crippen LogP contribution < -0.4 is 0 Å². The van der Waals surface area contributed by atoms with Gasteiger partial charge < -0.3 is 5.11 Å². The van der Waals surface area contributed by atoms with Crippen LogP contribution in [0.4, 0.5) is 0 Å². The molecule has 1 aliphatic rings. The number of aliphatic carboxylic acids is 1. The smallest absolute Gasteiger partial charge is 0.305 e. The van der Waals surface area contributed by atoms with Crippen LogP contribution in [0, 0.1) is 5.92 Å². The Morgan fingerprint density at radius 1 is 1.35 bits per heavy atom. The normalized spacial score (nSPS) is 17.2. The first-order valence-electron chi connectivity index (χ1n) is 6.22. The van der Waals surface area contributed by atoms with Crippen molar-refractivity contribution < 1.29 is 9.90 Å². The van der Waals surface area contributed by atoms with Gasteiger partial charge in [-0.25, -0.2) is 4.68 Å². The molecule has 1 aromatic rings. The molecular formula is C11H18N4O2. The molecule has 0 unspecified atom stereocenters.